The third kappa shape index (κ3) is 3.37. The van der Waals surface area contributed by atoms with Crippen LogP contribution in [0.5, 0.6) is 0 Å². The zero-order valence-corrected chi connectivity index (χ0v) is 12.5. The number of rotatable bonds is 4. The van der Waals surface area contributed by atoms with Crippen LogP contribution in [0.15, 0.2) is 53.1 Å². The lowest BCUT2D eigenvalue weighted by Gasteiger charge is -2.19. The number of fused-ring (bicyclic) bond motifs is 1. The summed E-state index contributed by atoms with van der Waals surface area (Å²) in [5.41, 5.74) is 1.03. The summed E-state index contributed by atoms with van der Waals surface area (Å²) >= 11 is 0. The van der Waals surface area contributed by atoms with Gasteiger partial charge in [0, 0.05) is 18.5 Å². The second-order valence-corrected chi connectivity index (χ2v) is 5.45. The van der Waals surface area contributed by atoms with E-state index < -0.39 is 11.7 Å². The Hall–Kier alpha value is -2.34. The highest BCUT2D eigenvalue weighted by Gasteiger charge is 2.33. The molecule has 0 atom stereocenters. The minimum atomic E-state index is -4.35. The number of aromatic nitrogens is 1. The molecule has 0 spiro atoms. The monoisotopic (exact) mass is 320 g/mol. The van der Waals surface area contributed by atoms with Gasteiger partial charge in [-0.2, -0.15) is 13.2 Å². The number of nitrogens with zero attached hydrogens (tertiary/aromatic N) is 2. The molecule has 2 aromatic carbocycles. The molecule has 0 bridgehead atoms. The molecule has 1 aromatic heterocycles. The van der Waals surface area contributed by atoms with Gasteiger partial charge in [-0.25, -0.2) is 0 Å². The van der Waals surface area contributed by atoms with Gasteiger partial charge in [0.2, 0.25) is 0 Å². The van der Waals surface area contributed by atoms with Crippen molar-refractivity contribution in [2.45, 2.75) is 19.3 Å². The Kier molecular flexibility index (Phi) is 4.09. The van der Waals surface area contributed by atoms with Crippen molar-refractivity contribution in [2.75, 3.05) is 7.05 Å². The van der Waals surface area contributed by atoms with Gasteiger partial charge in [0.25, 0.3) is 0 Å². The van der Waals surface area contributed by atoms with Crippen LogP contribution in [0, 0.1) is 0 Å². The Bertz CT molecular complexity index is 811. The first-order valence-corrected chi connectivity index (χ1v) is 7.12. The maximum Gasteiger partial charge on any atom is 0.416 e. The predicted octanol–water partition coefficient (Wildman–Crippen LogP) is 4.48. The maximum absolute atomic E-state index is 13.0. The van der Waals surface area contributed by atoms with Crippen molar-refractivity contribution in [1.82, 2.24) is 10.1 Å². The van der Waals surface area contributed by atoms with Gasteiger partial charge in [-0.15, -0.1) is 0 Å². The van der Waals surface area contributed by atoms with Crippen LogP contribution >= 0.6 is 0 Å². The van der Waals surface area contributed by atoms with Crippen LogP contribution in [0.2, 0.25) is 0 Å². The van der Waals surface area contributed by atoms with Crippen molar-refractivity contribution < 1.29 is 17.7 Å². The smallest absolute Gasteiger partial charge is 0.356 e. The summed E-state index contributed by atoms with van der Waals surface area (Å²) in [4.78, 5) is 1.79. The van der Waals surface area contributed by atoms with Gasteiger partial charge in [-0.3, -0.25) is 4.90 Å². The average molecular weight is 320 g/mol. The van der Waals surface area contributed by atoms with Crippen LogP contribution in [0.3, 0.4) is 0 Å². The molecule has 0 aliphatic carbocycles. The summed E-state index contributed by atoms with van der Waals surface area (Å²) < 4.78 is 44.3. The SMILES string of the molecule is CN(Cc1ccccc1C(F)(F)F)Cc1noc2ccccc12. The van der Waals surface area contributed by atoms with E-state index in [0.29, 0.717) is 17.8 Å². The fourth-order valence-corrected chi connectivity index (χ4v) is 2.59. The molecule has 0 aliphatic rings. The standard InChI is InChI=1S/C17H15F3N2O/c1-22(10-12-6-2-4-8-14(12)17(18,19)20)11-15-13-7-3-5-9-16(13)23-21-15/h2-9H,10-11H2,1H3. The van der Waals surface area contributed by atoms with E-state index in [1.807, 2.05) is 24.3 Å². The first-order chi connectivity index (χ1) is 10.9. The zero-order valence-electron chi connectivity index (χ0n) is 12.5. The molecule has 3 nitrogen and oxygen atoms in total. The third-order valence-corrected chi connectivity index (χ3v) is 3.63. The van der Waals surface area contributed by atoms with Crippen molar-refractivity contribution in [3.8, 4) is 0 Å². The Labute approximate surface area is 131 Å². The van der Waals surface area contributed by atoms with E-state index in [2.05, 4.69) is 5.16 Å². The highest BCUT2D eigenvalue weighted by molar-refractivity contribution is 5.79. The van der Waals surface area contributed by atoms with Gasteiger partial charge < -0.3 is 4.52 Å². The van der Waals surface area contributed by atoms with E-state index in [1.54, 1.807) is 18.0 Å². The molecule has 0 aliphatic heterocycles. The molecule has 0 saturated heterocycles. The predicted molar refractivity (Wildman–Crippen MR) is 80.6 cm³/mol. The lowest BCUT2D eigenvalue weighted by molar-refractivity contribution is -0.138. The number of para-hydroxylation sites is 1. The van der Waals surface area contributed by atoms with Gasteiger partial charge in [-0.1, -0.05) is 35.5 Å². The molecule has 120 valence electrons. The van der Waals surface area contributed by atoms with Gasteiger partial charge in [0.1, 0.15) is 5.69 Å². The summed E-state index contributed by atoms with van der Waals surface area (Å²) in [6.45, 7) is 0.583. The molecule has 0 saturated carbocycles. The quantitative estimate of drug-likeness (QED) is 0.710. The Balaban J connectivity index is 1.79. The summed E-state index contributed by atoms with van der Waals surface area (Å²) in [5, 5.41) is 4.89. The largest absolute Gasteiger partial charge is 0.416 e. The Morgan fingerprint density at radius 1 is 1.00 bits per heavy atom. The Morgan fingerprint density at radius 3 is 2.48 bits per heavy atom. The first-order valence-electron chi connectivity index (χ1n) is 7.12. The number of halogens is 3. The molecule has 0 unspecified atom stereocenters. The van der Waals surface area contributed by atoms with Gasteiger partial charge in [-0.05, 0) is 30.8 Å². The van der Waals surface area contributed by atoms with E-state index in [0.717, 1.165) is 11.5 Å². The lowest BCUT2D eigenvalue weighted by Crippen LogP contribution is -2.20. The second kappa shape index (κ2) is 6.04. The fraction of sp³-hybridized carbons (Fsp3) is 0.235. The molecule has 0 fully saturated rings. The summed E-state index contributed by atoms with van der Waals surface area (Å²) in [5.74, 6) is 0. The van der Waals surface area contributed by atoms with E-state index in [9.17, 15) is 13.2 Å². The molecular weight excluding hydrogens is 305 g/mol. The number of hydrogen-bond donors (Lipinski definition) is 0. The van der Waals surface area contributed by atoms with Crippen LogP contribution in [-0.4, -0.2) is 17.1 Å². The van der Waals surface area contributed by atoms with Crippen LogP contribution in [-0.2, 0) is 19.3 Å². The van der Waals surface area contributed by atoms with Crippen molar-refractivity contribution >= 4 is 11.0 Å². The molecule has 0 N–H and O–H groups in total. The van der Waals surface area contributed by atoms with E-state index in [1.165, 1.54) is 12.1 Å². The minimum Gasteiger partial charge on any atom is -0.356 e. The molecule has 0 amide bonds. The van der Waals surface area contributed by atoms with Crippen molar-refractivity contribution in [3.63, 3.8) is 0 Å². The number of benzene rings is 2. The maximum atomic E-state index is 13.0. The number of hydrogen-bond acceptors (Lipinski definition) is 3. The van der Waals surface area contributed by atoms with Gasteiger partial charge in [0.15, 0.2) is 5.58 Å². The fourth-order valence-electron chi connectivity index (χ4n) is 2.59. The molecule has 3 aromatic rings. The molecular formula is C17H15F3N2O. The van der Waals surface area contributed by atoms with Gasteiger partial charge in [0.05, 0.1) is 5.56 Å². The molecule has 0 radical (unpaired) electrons. The zero-order chi connectivity index (χ0) is 16.4. The van der Waals surface area contributed by atoms with Crippen molar-refractivity contribution in [2.24, 2.45) is 0 Å². The molecule has 23 heavy (non-hydrogen) atoms. The van der Waals surface area contributed by atoms with Gasteiger partial charge >= 0.3 is 6.18 Å². The van der Waals surface area contributed by atoms with E-state index in [4.69, 9.17) is 4.52 Å². The summed E-state index contributed by atoms with van der Waals surface area (Å²) in [7, 11) is 1.76. The van der Waals surface area contributed by atoms with E-state index >= 15 is 0 Å². The van der Waals surface area contributed by atoms with E-state index in [-0.39, 0.29) is 12.1 Å². The average Bonchev–Trinajstić information content (AvgIpc) is 2.90. The number of alkyl halides is 3. The minimum absolute atomic E-state index is 0.177. The highest BCUT2D eigenvalue weighted by Crippen LogP contribution is 2.32. The topological polar surface area (TPSA) is 29.3 Å². The molecule has 3 rings (SSSR count). The van der Waals surface area contributed by atoms with Crippen LogP contribution in [0.1, 0.15) is 16.8 Å². The third-order valence-electron chi connectivity index (χ3n) is 3.63. The highest BCUT2D eigenvalue weighted by atomic mass is 19.4. The molecule has 6 heteroatoms. The van der Waals surface area contributed by atoms with Crippen molar-refractivity contribution in [3.05, 3.63) is 65.4 Å². The van der Waals surface area contributed by atoms with Crippen LogP contribution < -0.4 is 0 Å². The molecule has 1 heterocycles. The first kappa shape index (κ1) is 15.6. The summed E-state index contributed by atoms with van der Waals surface area (Å²) in [6.07, 6.45) is -4.35. The Morgan fingerprint density at radius 2 is 1.70 bits per heavy atom. The normalized spacial score (nSPS) is 12.2. The summed E-state index contributed by atoms with van der Waals surface area (Å²) in [6, 6.07) is 13.0. The van der Waals surface area contributed by atoms with Crippen LogP contribution in [0.25, 0.3) is 11.0 Å². The second-order valence-electron chi connectivity index (χ2n) is 5.45. The van der Waals surface area contributed by atoms with Crippen LogP contribution in [0.4, 0.5) is 13.2 Å². The lowest BCUT2D eigenvalue weighted by atomic mass is 10.1. The van der Waals surface area contributed by atoms with Crippen molar-refractivity contribution in [1.29, 1.82) is 0 Å².